The number of aliphatic imine (C=N–C) groups is 1. The van der Waals surface area contributed by atoms with E-state index in [0.717, 1.165) is 0 Å². The Hall–Kier alpha value is 0.0995. The van der Waals surface area contributed by atoms with Crippen LogP contribution >= 0.6 is 0 Å². The van der Waals surface area contributed by atoms with Crippen LogP contribution in [0.4, 0.5) is 0 Å². The van der Waals surface area contributed by atoms with Crippen molar-refractivity contribution in [2.24, 2.45) is 4.99 Å². The predicted molar refractivity (Wildman–Crippen MR) is 67.8 cm³/mol. The quantitative estimate of drug-likeness (QED) is 0.509. The summed E-state index contributed by atoms with van der Waals surface area (Å²) < 4.78 is 2.85. The van der Waals surface area contributed by atoms with E-state index >= 15 is 0 Å². The fraction of sp³-hybridized carbons (Fsp3) is 0.923. The molecule has 15 heavy (non-hydrogen) atoms. The molecule has 1 aliphatic rings. The van der Waals surface area contributed by atoms with Crippen LogP contribution in [0.25, 0.3) is 0 Å². The summed E-state index contributed by atoms with van der Waals surface area (Å²) in [5.41, 5.74) is 0. The molecule has 0 saturated heterocycles. The minimum atomic E-state index is 0.547. The predicted octanol–water partition coefficient (Wildman–Crippen LogP) is 3.73. The SMILES string of the molecule is [Se]=C=NC1CCCCCCCCCCC1. The van der Waals surface area contributed by atoms with E-state index in [9.17, 15) is 0 Å². The molecular weight excluding hydrogens is 249 g/mol. The van der Waals surface area contributed by atoms with Gasteiger partial charge in [0.15, 0.2) is 0 Å². The molecule has 1 fully saturated rings. The van der Waals surface area contributed by atoms with Gasteiger partial charge < -0.3 is 0 Å². The second kappa shape index (κ2) is 9.33. The van der Waals surface area contributed by atoms with Crippen LogP contribution in [0.2, 0.25) is 0 Å². The fourth-order valence-corrected chi connectivity index (χ4v) is 2.66. The van der Waals surface area contributed by atoms with Gasteiger partial charge in [0.2, 0.25) is 0 Å². The Morgan fingerprint density at radius 3 is 1.53 bits per heavy atom. The van der Waals surface area contributed by atoms with Crippen molar-refractivity contribution in [1.82, 2.24) is 0 Å². The van der Waals surface area contributed by atoms with Crippen molar-refractivity contribution in [2.75, 3.05) is 0 Å². The van der Waals surface area contributed by atoms with Crippen LogP contribution in [0.5, 0.6) is 0 Å². The van der Waals surface area contributed by atoms with Crippen molar-refractivity contribution in [3.8, 4) is 0 Å². The number of hydrogen-bond donors (Lipinski definition) is 0. The molecule has 0 aromatic rings. The zero-order valence-corrected chi connectivity index (χ0v) is 11.4. The maximum absolute atomic E-state index is 4.41. The molecule has 0 spiro atoms. The topological polar surface area (TPSA) is 12.4 Å². The summed E-state index contributed by atoms with van der Waals surface area (Å²) >= 11 is 2.76. The van der Waals surface area contributed by atoms with E-state index in [1.165, 1.54) is 70.6 Å². The Balaban J connectivity index is 2.28. The van der Waals surface area contributed by atoms with Crippen molar-refractivity contribution in [1.29, 1.82) is 0 Å². The van der Waals surface area contributed by atoms with Crippen LogP contribution in [0.1, 0.15) is 70.6 Å². The van der Waals surface area contributed by atoms with E-state index in [2.05, 4.69) is 25.3 Å². The molecule has 0 bridgehead atoms. The Morgan fingerprint density at radius 1 is 0.733 bits per heavy atom. The van der Waals surface area contributed by atoms with Gasteiger partial charge in [-0.1, -0.05) is 0 Å². The summed E-state index contributed by atoms with van der Waals surface area (Å²) in [7, 11) is 0. The van der Waals surface area contributed by atoms with Crippen LogP contribution < -0.4 is 0 Å². The molecule has 0 aromatic heterocycles. The van der Waals surface area contributed by atoms with Crippen molar-refractivity contribution >= 4 is 20.3 Å². The van der Waals surface area contributed by atoms with Crippen LogP contribution in [0.3, 0.4) is 0 Å². The Kier molecular flexibility index (Phi) is 8.19. The van der Waals surface area contributed by atoms with Gasteiger partial charge in [0.05, 0.1) is 0 Å². The van der Waals surface area contributed by atoms with E-state index in [1.54, 1.807) is 0 Å². The van der Waals surface area contributed by atoms with Gasteiger partial charge in [-0.05, 0) is 0 Å². The Labute approximate surface area is 102 Å². The molecule has 0 aliphatic heterocycles. The second-order valence-electron chi connectivity index (χ2n) is 4.63. The first-order valence-electron chi connectivity index (χ1n) is 6.50. The first-order chi connectivity index (χ1) is 7.43. The van der Waals surface area contributed by atoms with Crippen molar-refractivity contribution < 1.29 is 0 Å². The standard InChI is InChI=1S/C13H23NSe/c15-12-14-13-10-8-6-4-2-1-3-5-7-9-11-13/h13H,1-11H2. The average Bonchev–Trinajstić information content (AvgIpc) is 2.22. The molecule has 2 heteroatoms. The zero-order chi connectivity index (χ0) is 10.8. The zero-order valence-electron chi connectivity index (χ0n) is 9.71. The van der Waals surface area contributed by atoms with Crippen molar-refractivity contribution in [2.45, 2.75) is 76.7 Å². The fourth-order valence-electron chi connectivity index (χ4n) is 2.35. The molecule has 1 aliphatic carbocycles. The molecule has 0 amide bonds. The van der Waals surface area contributed by atoms with Gasteiger partial charge in [-0.15, -0.1) is 0 Å². The summed E-state index contributed by atoms with van der Waals surface area (Å²) in [4.78, 5) is 4.41. The number of rotatable bonds is 1. The third kappa shape index (κ3) is 7.06. The average molecular weight is 272 g/mol. The van der Waals surface area contributed by atoms with Gasteiger partial charge in [0.1, 0.15) is 0 Å². The Morgan fingerprint density at radius 2 is 1.13 bits per heavy atom. The van der Waals surface area contributed by atoms with Crippen molar-refractivity contribution in [3.63, 3.8) is 0 Å². The molecule has 1 saturated carbocycles. The van der Waals surface area contributed by atoms with Crippen LogP contribution in [0, 0.1) is 0 Å². The van der Waals surface area contributed by atoms with Gasteiger partial charge in [0, 0.05) is 0 Å². The summed E-state index contributed by atoms with van der Waals surface area (Å²) in [5.74, 6) is 0. The van der Waals surface area contributed by atoms with Crippen LogP contribution in [-0.2, 0) is 0 Å². The molecule has 1 nitrogen and oxygen atoms in total. The summed E-state index contributed by atoms with van der Waals surface area (Å²) in [6.07, 6.45) is 15.3. The van der Waals surface area contributed by atoms with Gasteiger partial charge >= 0.3 is 102 Å². The molecule has 0 unspecified atom stereocenters. The molecular formula is C13H23NSe. The maximum atomic E-state index is 4.41. The summed E-state index contributed by atoms with van der Waals surface area (Å²) in [5, 5.41) is 0. The van der Waals surface area contributed by atoms with Gasteiger partial charge in [-0.25, -0.2) is 0 Å². The van der Waals surface area contributed by atoms with Gasteiger partial charge in [-0.3, -0.25) is 0 Å². The molecule has 0 N–H and O–H groups in total. The van der Waals surface area contributed by atoms with E-state index in [4.69, 9.17) is 0 Å². The Bertz CT molecular complexity index is 185. The molecule has 0 radical (unpaired) electrons. The van der Waals surface area contributed by atoms with Crippen LogP contribution in [0.15, 0.2) is 4.99 Å². The summed E-state index contributed by atoms with van der Waals surface area (Å²) in [6.45, 7) is 0. The van der Waals surface area contributed by atoms with E-state index in [-0.39, 0.29) is 0 Å². The molecule has 0 aromatic carbocycles. The first-order valence-corrected chi connectivity index (χ1v) is 7.36. The van der Waals surface area contributed by atoms with E-state index < -0.39 is 0 Å². The van der Waals surface area contributed by atoms with Gasteiger partial charge in [-0.2, -0.15) is 0 Å². The van der Waals surface area contributed by atoms with Crippen LogP contribution in [-0.4, -0.2) is 26.3 Å². The van der Waals surface area contributed by atoms with E-state index in [0.29, 0.717) is 6.04 Å². The molecule has 0 atom stereocenters. The number of nitrogens with zero attached hydrogens (tertiary/aromatic N) is 1. The monoisotopic (exact) mass is 273 g/mol. The first kappa shape index (κ1) is 13.2. The summed E-state index contributed by atoms with van der Waals surface area (Å²) in [6, 6.07) is 0.547. The van der Waals surface area contributed by atoms with Gasteiger partial charge in [0.25, 0.3) is 0 Å². The van der Waals surface area contributed by atoms with E-state index in [1.807, 2.05) is 0 Å². The van der Waals surface area contributed by atoms with Crippen molar-refractivity contribution in [3.05, 3.63) is 0 Å². The molecule has 86 valence electrons. The normalized spacial score (nSPS) is 22.1. The second-order valence-corrected chi connectivity index (χ2v) is 5.02. The third-order valence-corrected chi connectivity index (χ3v) is 3.53. The molecule has 1 rings (SSSR count). The molecule has 0 heterocycles. The minimum absolute atomic E-state index is 0.547. The number of hydrogen-bond acceptors (Lipinski definition) is 1. The third-order valence-electron chi connectivity index (χ3n) is 3.31.